The van der Waals surface area contributed by atoms with Gasteiger partial charge in [0.15, 0.2) is 0 Å². The molecule has 0 saturated carbocycles. The van der Waals surface area contributed by atoms with Crippen molar-refractivity contribution in [2.24, 2.45) is 0 Å². The summed E-state index contributed by atoms with van der Waals surface area (Å²) in [6, 6.07) is 8.95. The van der Waals surface area contributed by atoms with E-state index in [1.807, 2.05) is 45.0 Å². The second kappa shape index (κ2) is 11.7. The van der Waals surface area contributed by atoms with Crippen LogP contribution in [-0.2, 0) is 26.2 Å². The highest BCUT2D eigenvalue weighted by atomic mass is 79.9. The van der Waals surface area contributed by atoms with Crippen LogP contribution in [0.3, 0.4) is 0 Å². The van der Waals surface area contributed by atoms with E-state index >= 15 is 0 Å². The van der Waals surface area contributed by atoms with Crippen molar-refractivity contribution in [3.8, 4) is 0 Å². The van der Waals surface area contributed by atoms with Crippen LogP contribution in [0.15, 0.2) is 40.9 Å². The summed E-state index contributed by atoms with van der Waals surface area (Å²) in [4.78, 5) is 27.8. The maximum absolute atomic E-state index is 13.5. The minimum Gasteiger partial charge on any atom is -0.350 e. The van der Waals surface area contributed by atoms with E-state index in [2.05, 4.69) is 21.2 Å². The molecule has 2 rings (SSSR count). The molecule has 0 aliphatic rings. The van der Waals surface area contributed by atoms with Crippen LogP contribution in [0, 0.1) is 0 Å². The van der Waals surface area contributed by atoms with Crippen LogP contribution in [0.1, 0.15) is 33.3 Å². The fraction of sp³-hybridized carbons (Fsp3) is 0.391. The largest absolute Gasteiger partial charge is 0.350 e. The zero-order valence-electron chi connectivity index (χ0n) is 19.9. The van der Waals surface area contributed by atoms with Crippen LogP contribution in [-0.4, -0.2) is 49.5 Å². The summed E-state index contributed by atoms with van der Waals surface area (Å²) in [5, 5.41) is 3.10. The first kappa shape index (κ1) is 29.7. The minimum absolute atomic E-state index is 0.00676. The van der Waals surface area contributed by atoms with Crippen molar-refractivity contribution < 1.29 is 18.0 Å². The molecule has 0 bridgehead atoms. The van der Waals surface area contributed by atoms with Crippen molar-refractivity contribution in [1.29, 1.82) is 0 Å². The van der Waals surface area contributed by atoms with Gasteiger partial charge >= 0.3 is 0 Å². The van der Waals surface area contributed by atoms with Crippen molar-refractivity contribution in [2.75, 3.05) is 17.1 Å². The first-order valence-corrected chi connectivity index (χ1v) is 14.3. The number of nitrogens with zero attached hydrogens (tertiary/aromatic N) is 2. The number of hydrogen-bond donors (Lipinski definition) is 1. The lowest BCUT2D eigenvalue weighted by molar-refractivity contribution is -0.140. The lowest BCUT2D eigenvalue weighted by atomic mass is 10.1. The van der Waals surface area contributed by atoms with Gasteiger partial charge in [0.05, 0.1) is 27.0 Å². The Hall–Kier alpha value is -1.52. The number of amides is 2. The molecule has 0 fully saturated rings. The minimum atomic E-state index is -3.96. The van der Waals surface area contributed by atoms with Gasteiger partial charge in [0.25, 0.3) is 0 Å². The van der Waals surface area contributed by atoms with Crippen molar-refractivity contribution in [2.45, 2.75) is 45.8 Å². The molecule has 0 aromatic heterocycles. The van der Waals surface area contributed by atoms with E-state index in [0.717, 1.165) is 20.6 Å². The Balaban J connectivity index is 2.47. The highest BCUT2D eigenvalue weighted by Gasteiger charge is 2.32. The Bertz CT molecular complexity index is 1200. The average Bonchev–Trinajstić information content (AvgIpc) is 2.71. The quantitative estimate of drug-likeness (QED) is 0.392. The standard InChI is InChI=1S/C23H27BrCl3N3O4S/c1-14(22(32)28-23(2,3)4)29(12-15-6-8-16(24)9-7-15)21(31)13-30(35(5,33)34)20-11-18(26)17(25)10-19(20)27/h6-11,14H,12-13H2,1-5H3,(H,28,32). The van der Waals surface area contributed by atoms with Gasteiger partial charge in [0.2, 0.25) is 21.8 Å². The Morgan fingerprint density at radius 3 is 2.09 bits per heavy atom. The van der Waals surface area contributed by atoms with Crippen molar-refractivity contribution in [1.82, 2.24) is 10.2 Å². The number of sulfonamides is 1. The highest BCUT2D eigenvalue weighted by molar-refractivity contribution is 9.10. The van der Waals surface area contributed by atoms with Crippen LogP contribution < -0.4 is 9.62 Å². The number of carbonyl (C=O) groups is 2. The molecule has 0 spiro atoms. The summed E-state index contributed by atoms with van der Waals surface area (Å²) in [7, 11) is -3.96. The van der Waals surface area contributed by atoms with E-state index in [4.69, 9.17) is 34.8 Å². The van der Waals surface area contributed by atoms with Crippen LogP contribution in [0.4, 0.5) is 5.69 Å². The normalized spacial score (nSPS) is 12.7. The predicted octanol–water partition coefficient (Wildman–Crippen LogP) is 5.51. The summed E-state index contributed by atoms with van der Waals surface area (Å²) in [5.41, 5.74) is 0.243. The highest BCUT2D eigenvalue weighted by Crippen LogP contribution is 2.35. The van der Waals surface area contributed by atoms with Gasteiger partial charge in [-0.05, 0) is 57.5 Å². The molecule has 1 N–H and O–H groups in total. The Kier molecular flexibility index (Phi) is 9.92. The summed E-state index contributed by atoms with van der Waals surface area (Å²) >= 11 is 21.7. The third kappa shape index (κ3) is 8.53. The fourth-order valence-corrected chi connectivity index (χ4v) is 4.95. The average molecular weight is 628 g/mol. The van der Waals surface area contributed by atoms with Crippen LogP contribution in [0.25, 0.3) is 0 Å². The molecule has 12 heteroatoms. The van der Waals surface area contributed by atoms with Crippen LogP contribution in [0.2, 0.25) is 15.1 Å². The van der Waals surface area contributed by atoms with Crippen molar-refractivity contribution in [3.63, 3.8) is 0 Å². The van der Waals surface area contributed by atoms with Crippen molar-refractivity contribution >= 4 is 78.3 Å². The molecule has 0 radical (unpaired) electrons. The van der Waals surface area contributed by atoms with Gasteiger partial charge in [-0.1, -0.05) is 62.9 Å². The lowest BCUT2D eigenvalue weighted by Crippen LogP contribution is -2.54. The summed E-state index contributed by atoms with van der Waals surface area (Å²) < 4.78 is 27.0. The summed E-state index contributed by atoms with van der Waals surface area (Å²) in [6.45, 7) is 6.56. The first-order valence-electron chi connectivity index (χ1n) is 10.5. The van der Waals surface area contributed by atoms with Gasteiger partial charge in [-0.15, -0.1) is 0 Å². The smallest absolute Gasteiger partial charge is 0.244 e. The molecule has 1 unspecified atom stereocenters. The number of rotatable bonds is 8. The van der Waals surface area contributed by atoms with Crippen LogP contribution >= 0.6 is 50.7 Å². The number of carbonyl (C=O) groups excluding carboxylic acids is 2. The van der Waals surface area contributed by atoms with E-state index in [1.54, 1.807) is 6.92 Å². The van der Waals surface area contributed by atoms with Gasteiger partial charge in [-0.2, -0.15) is 0 Å². The number of benzene rings is 2. The number of nitrogens with one attached hydrogen (secondary N) is 1. The second-order valence-corrected chi connectivity index (χ2v) is 13.1. The van der Waals surface area contributed by atoms with Gasteiger partial charge in [0.1, 0.15) is 12.6 Å². The molecule has 35 heavy (non-hydrogen) atoms. The van der Waals surface area contributed by atoms with E-state index in [0.29, 0.717) is 0 Å². The summed E-state index contributed by atoms with van der Waals surface area (Å²) in [6.07, 6.45) is 0.952. The molecular formula is C23H27BrCl3N3O4S. The van der Waals surface area contributed by atoms with E-state index in [-0.39, 0.29) is 33.2 Å². The molecule has 0 aliphatic carbocycles. The Morgan fingerprint density at radius 2 is 1.57 bits per heavy atom. The summed E-state index contributed by atoms with van der Waals surface area (Å²) in [5.74, 6) is -0.974. The van der Waals surface area contributed by atoms with Gasteiger partial charge in [-0.25, -0.2) is 8.42 Å². The van der Waals surface area contributed by atoms with Gasteiger partial charge in [0, 0.05) is 16.6 Å². The molecule has 0 saturated heterocycles. The fourth-order valence-electron chi connectivity index (χ4n) is 3.14. The number of halogens is 4. The molecule has 192 valence electrons. The molecule has 7 nitrogen and oxygen atoms in total. The molecule has 2 amide bonds. The molecule has 1 atom stereocenters. The third-order valence-corrected chi connectivity index (χ3v) is 7.55. The zero-order chi connectivity index (χ0) is 26.7. The lowest BCUT2D eigenvalue weighted by Gasteiger charge is -2.33. The zero-order valence-corrected chi connectivity index (χ0v) is 24.6. The topological polar surface area (TPSA) is 86.8 Å². The van der Waals surface area contributed by atoms with E-state index in [9.17, 15) is 18.0 Å². The molecule has 0 aliphatic heterocycles. The third-order valence-electron chi connectivity index (χ3n) is 4.87. The van der Waals surface area contributed by atoms with E-state index < -0.39 is 34.1 Å². The van der Waals surface area contributed by atoms with Crippen LogP contribution in [0.5, 0.6) is 0 Å². The molecule has 2 aromatic carbocycles. The second-order valence-electron chi connectivity index (χ2n) is 9.05. The maximum atomic E-state index is 13.5. The van der Waals surface area contributed by atoms with Crippen molar-refractivity contribution in [3.05, 3.63) is 61.5 Å². The SMILES string of the molecule is CC(C(=O)NC(C)(C)C)N(Cc1ccc(Br)cc1)C(=O)CN(c1cc(Cl)c(Cl)cc1Cl)S(C)(=O)=O. The Morgan fingerprint density at radius 1 is 1.03 bits per heavy atom. The van der Waals surface area contributed by atoms with Gasteiger partial charge in [-0.3, -0.25) is 13.9 Å². The monoisotopic (exact) mass is 625 g/mol. The Labute approximate surface area is 229 Å². The molecule has 2 aromatic rings. The maximum Gasteiger partial charge on any atom is 0.244 e. The first-order chi connectivity index (χ1) is 16.0. The van der Waals surface area contributed by atoms with Gasteiger partial charge < -0.3 is 10.2 Å². The molecular weight excluding hydrogens is 601 g/mol. The number of hydrogen-bond acceptors (Lipinski definition) is 4. The van der Waals surface area contributed by atoms with E-state index in [1.165, 1.54) is 17.0 Å². The predicted molar refractivity (Wildman–Crippen MR) is 146 cm³/mol. The molecule has 0 heterocycles. The number of anilines is 1.